The second-order valence-electron chi connectivity index (χ2n) is 6.02. The van der Waals surface area contributed by atoms with Crippen LogP contribution in [-0.4, -0.2) is 30.7 Å². The molecule has 8 nitrogen and oxygen atoms in total. The van der Waals surface area contributed by atoms with Crippen LogP contribution >= 0.6 is 0 Å². The van der Waals surface area contributed by atoms with E-state index in [-0.39, 0.29) is 17.2 Å². The quantitative estimate of drug-likeness (QED) is 0.317. The number of aliphatic imine (C=N–C) groups is 1. The van der Waals surface area contributed by atoms with Crippen LogP contribution in [0.25, 0.3) is 16.9 Å². The number of imidazole rings is 1. The molecule has 0 bridgehead atoms. The summed E-state index contributed by atoms with van der Waals surface area (Å²) in [6.07, 6.45) is 3.23. The van der Waals surface area contributed by atoms with Gasteiger partial charge in [-0.3, -0.25) is 14.5 Å². The fourth-order valence-electron chi connectivity index (χ4n) is 2.84. The van der Waals surface area contributed by atoms with E-state index >= 15 is 0 Å². The Labute approximate surface area is 158 Å². The van der Waals surface area contributed by atoms with Gasteiger partial charge in [-0.2, -0.15) is 0 Å². The number of nitrogens with zero attached hydrogens (tertiary/aromatic N) is 4. The number of phenols is 2. The zero-order valence-corrected chi connectivity index (χ0v) is 14.4. The number of phenolic OH excluding ortho intramolecular Hbond substituents is 2. The number of rotatable bonds is 4. The number of fused-ring (bicyclic) bond motifs is 1. The van der Waals surface area contributed by atoms with E-state index < -0.39 is 4.92 Å². The Bertz CT molecular complexity index is 1230. The number of nitro groups is 1. The van der Waals surface area contributed by atoms with Crippen molar-refractivity contribution in [3.05, 3.63) is 82.5 Å². The number of hydrogen-bond donors (Lipinski definition) is 2. The molecular formula is C20H14N4O4. The van der Waals surface area contributed by atoms with E-state index in [1.807, 2.05) is 12.1 Å². The van der Waals surface area contributed by atoms with E-state index in [4.69, 9.17) is 0 Å². The van der Waals surface area contributed by atoms with E-state index in [2.05, 4.69) is 9.98 Å². The van der Waals surface area contributed by atoms with Gasteiger partial charge in [-0.1, -0.05) is 18.2 Å². The Morgan fingerprint density at radius 1 is 1.07 bits per heavy atom. The van der Waals surface area contributed by atoms with Gasteiger partial charge < -0.3 is 10.2 Å². The topological polar surface area (TPSA) is 113 Å². The van der Waals surface area contributed by atoms with Crippen molar-refractivity contribution in [1.29, 1.82) is 0 Å². The highest BCUT2D eigenvalue weighted by molar-refractivity contribution is 5.88. The highest BCUT2D eigenvalue weighted by atomic mass is 16.6. The van der Waals surface area contributed by atoms with Crippen LogP contribution in [-0.2, 0) is 0 Å². The molecule has 0 radical (unpaired) electrons. The van der Waals surface area contributed by atoms with Gasteiger partial charge in [-0.15, -0.1) is 0 Å². The first kappa shape index (κ1) is 17.2. The molecule has 0 saturated heterocycles. The Hall–Kier alpha value is -4.20. The zero-order valence-electron chi connectivity index (χ0n) is 14.4. The highest BCUT2D eigenvalue weighted by Crippen LogP contribution is 2.33. The highest BCUT2D eigenvalue weighted by Gasteiger charge is 2.16. The minimum atomic E-state index is -0.462. The maximum atomic E-state index is 11.1. The van der Waals surface area contributed by atoms with Crippen molar-refractivity contribution >= 4 is 23.4 Å². The van der Waals surface area contributed by atoms with Gasteiger partial charge in [0.15, 0.2) is 5.82 Å². The number of aromatic hydroxyl groups is 2. The van der Waals surface area contributed by atoms with Crippen LogP contribution < -0.4 is 0 Å². The first-order chi connectivity index (χ1) is 13.5. The summed E-state index contributed by atoms with van der Waals surface area (Å²) in [5, 5.41) is 30.5. The van der Waals surface area contributed by atoms with Crippen LogP contribution in [0.3, 0.4) is 0 Å². The fraction of sp³-hybridized carbons (Fsp3) is 0. The van der Waals surface area contributed by atoms with Gasteiger partial charge in [-0.25, -0.2) is 9.98 Å². The molecule has 0 aliphatic carbocycles. The first-order valence-corrected chi connectivity index (χ1v) is 8.31. The minimum absolute atomic E-state index is 0.0411. The third kappa shape index (κ3) is 3.14. The van der Waals surface area contributed by atoms with Crippen LogP contribution in [0.2, 0.25) is 0 Å². The summed E-state index contributed by atoms with van der Waals surface area (Å²) in [5.74, 6) is 0.291. The van der Waals surface area contributed by atoms with Crippen molar-refractivity contribution in [1.82, 2.24) is 9.38 Å². The molecule has 2 heterocycles. The van der Waals surface area contributed by atoms with E-state index in [1.165, 1.54) is 36.5 Å². The molecule has 0 fully saturated rings. The molecule has 8 heteroatoms. The average molecular weight is 374 g/mol. The monoisotopic (exact) mass is 374 g/mol. The van der Waals surface area contributed by atoms with Crippen molar-refractivity contribution in [2.24, 2.45) is 4.99 Å². The zero-order chi connectivity index (χ0) is 19.7. The Balaban J connectivity index is 1.87. The predicted octanol–water partition coefficient (Wildman–Crippen LogP) is 4.07. The van der Waals surface area contributed by atoms with Gasteiger partial charge in [-0.05, 0) is 24.3 Å². The lowest BCUT2D eigenvalue weighted by atomic mass is 10.1. The molecule has 0 saturated carbocycles. The molecule has 138 valence electrons. The molecule has 2 aromatic carbocycles. The average Bonchev–Trinajstić information content (AvgIpc) is 3.06. The minimum Gasteiger partial charge on any atom is -0.508 e. The molecular weight excluding hydrogens is 360 g/mol. The number of hydrogen-bond acceptors (Lipinski definition) is 6. The molecule has 4 rings (SSSR count). The van der Waals surface area contributed by atoms with E-state index in [1.54, 1.807) is 28.8 Å². The van der Waals surface area contributed by atoms with Gasteiger partial charge in [0.25, 0.3) is 5.69 Å². The van der Waals surface area contributed by atoms with Gasteiger partial charge in [0.1, 0.15) is 22.8 Å². The number of nitro benzene ring substituents is 1. The maximum absolute atomic E-state index is 11.1. The lowest BCUT2D eigenvalue weighted by molar-refractivity contribution is -0.384. The number of benzene rings is 2. The molecule has 0 aliphatic heterocycles. The Morgan fingerprint density at radius 2 is 1.93 bits per heavy atom. The molecule has 2 N–H and O–H groups in total. The standard InChI is InChI=1S/C20H14N4O4/c25-16-8-7-14(17(26)11-16)12-21-20-19(22-18-6-1-2-9-23(18)20)13-4-3-5-15(10-13)24(27)28/h1-12,25-26H/b21-12+. The van der Waals surface area contributed by atoms with E-state index in [0.717, 1.165) is 0 Å². The van der Waals surface area contributed by atoms with Gasteiger partial charge >= 0.3 is 0 Å². The predicted molar refractivity (Wildman–Crippen MR) is 104 cm³/mol. The fourth-order valence-corrected chi connectivity index (χ4v) is 2.84. The molecule has 28 heavy (non-hydrogen) atoms. The molecule has 0 atom stereocenters. The molecule has 4 aromatic rings. The normalized spacial score (nSPS) is 11.3. The molecule has 0 amide bonds. The smallest absolute Gasteiger partial charge is 0.270 e. The largest absolute Gasteiger partial charge is 0.508 e. The van der Waals surface area contributed by atoms with E-state index in [9.17, 15) is 20.3 Å². The second kappa shape index (κ2) is 6.84. The maximum Gasteiger partial charge on any atom is 0.270 e. The summed E-state index contributed by atoms with van der Waals surface area (Å²) < 4.78 is 1.75. The summed E-state index contributed by atoms with van der Waals surface area (Å²) in [5.41, 5.74) is 2.03. The Kier molecular flexibility index (Phi) is 4.21. The molecule has 0 spiro atoms. The SMILES string of the molecule is O=[N+]([O-])c1cccc(-c2nc3ccccn3c2/N=C/c2ccc(O)cc2O)c1. The third-order valence-corrected chi connectivity index (χ3v) is 4.18. The van der Waals surface area contributed by atoms with Crippen LogP contribution in [0.1, 0.15) is 5.56 Å². The van der Waals surface area contributed by atoms with Gasteiger partial charge in [0, 0.05) is 41.7 Å². The summed E-state index contributed by atoms with van der Waals surface area (Å²) in [6.45, 7) is 0. The van der Waals surface area contributed by atoms with Crippen molar-refractivity contribution in [3.63, 3.8) is 0 Å². The third-order valence-electron chi connectivity index (χ3n) is 4.18. The molecule has 2 aromatic heterocycles. The number of pyridine rings is 1. The summed E-state index contributed by atoms with van der Waals surface area (Å²) >= 11 is 0. The van der Waals surface area contributed by atoms with Crippen LogP contribution in [0, 0.1) is 10.1 Å². The van der Waals surface area contributed by atoms with Crippen LogP contribution in [0.15, 0.2) is 71.9 Å². The van der Waals surface area contributed by atoms with E-state index in [0.29, 0.717) is 28.3 Å². The van der Waals surface area contributed by atoms with Crippen LogP contribution in [0.5, 0.6) is 11.5 Å². The van der Waals surface area contributed by atoms with Crippen molar-refractivity contribution in [2.75, 3.05) is 0 Å². The van der Waals surface area contributed by atoms with Crippen LogP contribution in [0.4, 0.5) is 11.5 Å². The lowest BCUT2D eigenvalue weighted by Gasteiger charge is -2.02. The first-order valence-electron chi connectivity index (χ1n) is 8.31. The summed E-state index contributed by atoms with van der Waals surface area (Å²) in [6, 6.07) is 15.8. The van der Waals surface area contributed by atoms with Crippen molar-refractivity contribution in [2.45, 2.75) is 0 Å². The summed E-state index contributed by atoms with van der Waals surface area (Å²) in [7, 11) is 0. The van der Waals surface area contributed by atoms with Crippen molar-refractivity contribution in [3.8, 4) is 22.8 Å². The molecule has 0 aliphatic rings. The molecule has 0 unspecified atom stereocenters. The second-order valence-corrected chi connectivity index (χ2v) is 6.02. The summed E-state index contributed by atoms with van der Waals surface area (Å²) in [4.78, 5) is 19.7. The number of aromatic nitrogens is 2. The van der Waals surface area contributed by atoms with Gasteiger partial charge in [0.05, 0.1) is 4.92 Å². The number of non-ortho nitro benzene ring substituents is 1. The Morgan fingerprint density at radius 3 is 2.71 bits per heavy atom. The van der Waals surface area contributed by atoms with Crippen molar-refractivity contribution < 1.29 is 15.1 Å². The van der Waals surface area contributed by atoms with Gasteiger partial charge in [0.2, 0.25) is 0 Å². The lowest BCUT2D eigenvalue weighted by Crippen LogP contribution is -1.89.